The molecule has 2 aromatic rings. The third-order valence-electron chi connectivity index (χ3n) is 6.71. The molecule has 0 bridgehead atoms. The Kier molecular flexibility index (Phi) is 5.66. The molecular weight excluding hydrogens is 358 g/mol. The van der Waals surface area contributed by atoms with Crippen molar-refractivity contribution in [1.29, 1.82) is 0 Å². The van der Waals surface area contributed by atoms with E-state index in [1.165, 1.54) is 62.0 Å². The second-order valence-electron chi connectivity index (χ2n) is 9.02. The highest BCUT2D eigenvalue weighted by Crippen LogP contribution is 2.39. The predicted molar refractivity (Wildman–Crippen MR) is 118 cm³/mol. The summed E-state index contributed by atoms with van der Waals surface area (Å²) in [6, 6.07) is 9.74. The number of hydrogen-bond acceptors (Lipinski definition) is 5. The van der Waals surface area contributed by atoms with Crippen molar-refractivity contribution in [2.24, 2.45) is 0 Å². The van der Waals surface area contributed by atoms with E-state index < -0.39 is 0 Å². The summed E-state index contributed by atoms with van der Waals surface area (Å²) < 4.78 is 0. The minimum atomic E-state index is 0.469. The van der Waals surface area contributed by atoms with Crippen LogP contribution in [-0.4, -0.2) is 47.1 Å². The van der Waals surface area contributed by atoms with Gasteiger partial charge >= 0.3 is 0 Å². The molecule has 5 heteroatoms. The van der Waals surface area contributed by atoms with Crippen molar-refractivity contribution in [1.82, 2.24) is 14.9 Å². The van der Waals surface area contributed by atoms with Crippen LogP contribution in [0.4, 0.5) is 11.6 Å². The van der Waals surface area contributed by atoms with Gasteiger partial charge in [-0.05, 0) is 80.8 Å². The molecule has 1 aromatic carbocycles. The van der Waals surface area contributed by atoms with Gasteiger partial charge in [0.05, 0.1) is 0 Å². The van der Waals surface area contributed by atoms with Crippen LogP contribution in [0, 0.1) is 0 Å². The van der Waals surface area contributed by atoms with Crippen molar-refractivity contribution < 1.29 is 0 Å². The molecule has 0 amide bonds. The molecule has 0 unspecified atom stereocenters. The van der Waals surface area contributed by atoms with Gasteiger partial charge in [0.2, 0.25) is 5.95 Å². The normalized spacial score (nSPS) is 21.3. The Balaban J connectivity index is 1.10. The van der Waals surface area contributed by atoms with Gasteiger partial charge in [-0.15, -0.1) is 0 Å². The SMILES string of the molecule is c1cc(N2CCC(Nc3ncc(C4CC4)cn3)CC2)ccc1CN1CCCCC1. The van der Waals surface area contributed by atoms with Gasteiger partial charge in [-0.2, -0.15) is 0 Å². The van der Waals surface area contributed by atoms with Crippen LogP contribution in [-0.2, 0) is 6.54 Å². The van der Waals surface area contributed by atoms with E-state index in [1.807, 2.05) is 12.4 Å². The van der Waals surface area contributed by atoms with Gasteiger partial charge in [0.25, 0.3) is 0 Å². The number of benzene rings is 1. The van der Waals surface area contributed by atoms with Gasteiger partial charge in [-0.1, -0.05) is 18.6 Å². The zero-order valence-electron chi connectivity index (χ0n) is 17.4. The average molecular weight is 392 g/mol. The second kappa shape index (κ2) is 8.70. The molecule has 154 valence electrons. The minimum absolute atomic E-state index is 0.469. The summed E-state index contributed by atoms with van der Waals surface area (Å²) in [5.41, 5.74) is 4.10. The fourth-order valence-corrected chi connectivity index (χ4v) is 4.69. The lowest BCUT2D eigenvalue weighted by molar-refractivity contribution is 0.221. The number of aromatic nitrogens is 2. The van der Waals surface area contributed by atoms with E-state index in [4.69, 9.17) is 0 Å². The molecule has 1 aromatic heterocycles. The fourth-order valence-electron chi connectivity index (χ4n) is 4.69. The van der Waals surface area contributed by atoms with Crippen LogP contribution in [0.3, 0.4) is 0 Å². The van der Waals surface area contributed by atoms with Gasteiger partial charge in [0, 0.05) is 43.8 Å². The molecule has 3 aliphatic rings. The first-order valence-electron chi connectivity index (χ1n) is 11.5. The molecule has 3 fully saturated rings. The topological polar surface area (TPSA) is 44.3 Å². The number of nitrogens with one attached hydrogen (secondary N) is 1. The molecule has 0 radical (unpaired) electrons. The zero-order chi connectivity index (χ0) is 19.5. The molecule has 2 saturated heterocycles. The summed E-state index contributed by atoms with van der Waals surface area (Å²) in [4.78, 5) is 14.2. The fraction of sp³-hybridized carbons (Fsp3) is 0.583. The number of piperidine rings is 2. The first kappa shape index (κ1) is 18.9. The molecular formula is C24H33N5. The van der Waals surface area contributed by atoms with Crippen LogP contribution in [0.15, 0.2) is 36.7 Å². The number of rotatable bonds is 6. The molecule has 0 spiro atoms. The Morgan fingerprint density at radius 3 is 2.17 bits per heavy atom. The lowest BCUT2D eigenvalue weighted by Crippen LogP contribution is -2.39. The van der Waals surface area contributed by atoms with Gasteiger partial charge in [0.15, 0.2) is 0 Å². The van der Waals surface area contributed by atoms with Crippen LogP contribution in [0.25, 0.3) is 0 Å². The maximum atomic E-state index is 4.53. The summed E-state index contributed by atoms with van der Waals surface area (Å²) >= 11 is 0. The van der Waals surface area contributed by atoms with E-state index in [2.05, 4.69) is 49.4 Å². The highest BCUT2D eigenvalue weighted by Gasteiger charge is 2.24. The van der Waals surface area contributed by atoms with Crippen molar-refractivity contribution >= 4 is 11.6 Å². The number of nitrogens with zero attached hydrogens (tertiary/aromatic N) is 4. The number of hydrogen-bond donors (Lipinski definition) is 1. The summed E-state index contributed by atoms with van der Waals surface area (Å²) in [6.07, 6.45) is 13.0. The van der Waals surface area contributed by atoms with E-state index in [1.54, 1.807) is 0 Å². The Hall–Kier alpha value is -2.14. The van der Waals surface area contributed by atoms with E-state index in [-0.39, 0.29) is 0 Å². The third-order valence-corrected chi connectivity index (χ3v) is 6.71. The smallest absolute Gasteiger partial charge is 0.222 e. The summed E-state index contributed by atoms with van der Waals surface area (Å²) in [7, 11) is 0. The number of anilines is 2. The van der Waals surface area contributed by atoms with Crippen molar-refractivity contribution in [2.75, 3.05) is 36.4 Å². The monoisotopic (exact) mass is 391 g/mol. The molecule has 3 heterocycles. The van der Waals surface area contributed by atoms with Crippen molar-refractivity contribution in [3.8, 4) is 0 Å². The highest BCUT2D eigenvalue weighted by atomic mass is 15.2. The van der Waals surface area contributed by atoms with Crippen LogP contribution >= 0.6 is 0 Å². The predicted octanol–water partition coefficient (Wildman–Crippen LogP) is 4.42. The molecule has 1 aliphatic carbocycles. The van der Waals surface area contributed by atoms with E-state index >= 15 is 0 Å². The minimum Gasteiger partial charge on any atom is -0.371 e. The molecule has 5 rings (SSSR count). The Labute approximate surface area is 174 Å². The van der Waals surface area contributed by atoms with Crippen LogP contribution < -0.4 is 10.2 Å². The average Bonchev–Trinajstić information content (AvgIpc) is 3.62. The summed E-state index contributed by atoms with van der Waals surface area (Å²) in [5, 5.41) is 3.54. The van der Waals surface area contributed by atoms with Crippen LogP contribution in [0.2, 0.25) is 0 Å². The first-order chi connectivity index (χ1) is 14.3. The number of likely N-dealkylation sites (tertiary alicyclic amines) is 1. The summed E-state index contributed by atoms with van der Waals surface area (Å²) in [6.45, 7) is 5.79. The van der Waals surface area contributed by atoms with Crippen LogP contribution in [0.5, 0.6) is 0 Å². The third kappa shape index (κ3) is 4.89. The maximum absolute atomic E-state index is 4.53. The van der Waals surface area contributed by atoms with Crippen molar-refractivity contribution in [3.05, 3.63) is 47.8 Å². The Morgan fingerprint density at radius 2 is 1.52 bits per heavy atom. The maximum Gasteiger partial charge on any atom is 0.222 e. The Morgan fingerprint density at radius 1 is 0.828 bits per heavy atom. The molecule has 5 nitrogen and oxygen atoms in total. The Bertz CT molecular complexity index is 770. The quantitative estimate of drug-likeness (QED) is 0.790. The second-order valence-corrected chi connectivity index (χ2v) is 9.02. The highest BCUT2D eigenvalue weighted by molar-refractivity contribution is 5.48. The molecule has 0 atom stereocenters. The lowest BCUT2D eigenvalue weighted by Gasteiger charge is -2.34. The molecule has 29 heavy (non-hydrogen) atoms. The molecule has 1 N–H and O–H groups in total. The standard InChI is InChI=1S/C24H33N5/c1-2-12-28(13-3-1)18-19-4-8-23(9-5-19)29-14-10-22(11-15-29)27-24-25-16-21(17-26-24)20-6-7-20/h4-5,8-9,16-17,20,22H,1-3,6-7,10-15,18H2,(H,25,26,27). The van der Waals surface area contributed by atoms with Gasteiger partial charge in [-0.3, -0.25) is 4.90 Å². The van der Waals surface area contributed by atoms with E-state index in [0.29, 0.717) is 6.04 Å². The van der Waals surface area contributed by atoms with E-state index in [0.717, 1.165) is 44.3 Å². The van der Waals surface area contributed by atoms with E-state index in [9.17, 15) is 0 Å². The van der Waals surface area contributed by atoms with Crippen molar-refractivity contribution in [3.63, 3.8) is 0 Å². The lowest BCUT2D eigenvalue weighted by atomic mass is 10.0. The molecule has 2 aliphatic heterocycles. The van der Waals surface area contributed by atoms with Gasteiger partial charge in [0.1, 0.15) is 0 Å². The van der Waals surface area contributed by atoms with Crippen molar-refractivity contribution in [2.45, 2.75) is 63.5 Å². The van der Waals surface area contributed by atoms with Gasteiger partial charge < -0.3 is 10.2 Å². The van der Waals surface area contributed by atoms with Crippen LogP contribution in [0.1, 0.15) is 62.0 Å². The van der Waals surface area contributed by atoms with Gasteiger partial charge in [-0.25, -0.2) is 9.97 Å². The molecule has 1 saturated carbocycles. The summed E-state index contributed by atoms with van der Waals surface area (Å²) in [5.74, 6) is 1.51. The zero-order valence-corrected chi connectivity index (χ0v) is 17.4. The first-order valence-corrected chi connectivity index (χ1v) is 11.5. The largest absolute Gasteiger partial charge is 0.371 e.